The van der Waals surface area contributed by atoms with Crippen LogP contribution in [-0.2, 0) is 19.4 Å². The number of ether oxygens (including phenoxy) is 1. The van der Waals surface area contributed by atoms with E-state index in [-0.39, 0.29) is 34.6 Å². The fourth-order valence-electron chi connectivity index (χ4n) is 2.26. The van der Waals surface area contributed by atoms with E-state index in [0.29, 0.717) is 6.42 Å². The molecule has 2 rings (SSSR count). The average Bonchev–Trinajstić information content (AvgIpc) is 2.83. The van der Waals surface area contributed by atoms with Crippen LogP contribution in [0.1, 0.15) is 12.8 Å². The molecular formula is C14H16ClFN2O5S. The van der Waals surface area contributed by atoms with E-state index in [1.54, 1.807) is 0 Å². The molecule has 0 bridgehead atoms. The summed E-state index contributed by atoms with van der Waals surface area (Å²) in [7, 11) is -3.05. The molecule has 1 fully saturated rings. The van der Waals surface area contributed by atoms with Crippen molar-refractivity contribution in [2.45, 2.75) is 12.8 Å². The van der Waals surface area contributed by atoms with Crippen LogP contribution >= 0.6 is 11.6 Å². The Morgan fingerprint density at radius 1 is 1.29 bits per heavy atom. The SMILES string of the molecule is O=C(COc1ccc(F)cc1Cl)NNC(=O)C[C@@H]1CCS(=O)(=O)C1. The molecular weight excluding hydrogens is 363 g/mol. The molecule has 7 nitrogen and oxygen atoms in total. The molecule has 1 aromatic rings. The highest BCUT2D eigenvalue weighted by Gasteiger charge is 2.29. The third kappa shape index (κ3) is 5.64. The van der Waals surface area contributed by atoms with Crippen LogP contribution in [-0.4, -0.2) is 38.3 Å². The van der Waals surface area contributed by atoms with Crippen molar-refractivity contribution in [3.63, 3.8) is 0 Å². The summed E-state index contributed by atoms with van der Waals surface area (Å²) in [6, 6.07) is 3.47. The summed E-state index contributed by atoms with van der Waals surface area (Å²) in [6.45, 7) is -0.427. The number of rotatable bonds is 5. The molecule has 0 saturated carbocycles. The zero-order chi connectivity index (χ0) is 17.7. The summed E-state index contributed by atoms with van der Waals surface area (Å²) >= 11 is 5.74. The Hall–Kier alpha value is -1.87. The summed E-state index contributed by atoms with van der Waals surface area (Å²) in [5.74, 6) is -1.67. The van der Waals surface area contributed by atoms with Gasteiger partial charge in [-0.15, -0.1) is 0 Å². The smallest absolute Gasteiger partial charge is 0.276 e. The van der Waals surface area contributed by atoms with Crippen LogP contribution in [0.4, 0.5) is 4.39 Å². The van der Waals surface area contributed by atoms with Gasteiger partial charge < -0.3 is 4.74 Å². The molecule has 132 valence electrons. The van der Waals surface area contributed by atoms with Crippen LogP contribution in [0.25, 0.3) is 0 Å². The van der Waals surface area contributed by atoms with Gasteiger partial charge in [0.05, 0.1) is 16.5 Å². The van der Waals surface area contributed by atoms with Gasteiger partial charge in [-0.05, 0) is 30.5 Å². The minimum atomic E-state index is -3.05. The van der Waals surface area contributed by atoms with Gasteiger partial charge in [-0.1, -0.05) is 11.6 Å². The molecule has 1 atom stereocenters. The second-order valence-corrected chi connectivity index (χ2v) is 8.07. The van der Waals surface area contributed by atoms with Gasteiger partial charge in [-0.2, -0.15) is 0 Å². The lowest BCUT2D eigenvalue weighted by molar-refractivity contribution is -0.130. The number of benzene rings is 1. The molecule has 1 saturated heterocycles. The molecule has 0 spiro atoms. The maximum Gasteiger partial charge on any atom is 0.276 e. The maximum atomic E-state index is 12.9. The molecule has 0 radical (unpaired) electrons. The number of nitrogens with one attached hydrogen (secondary N) is 2. The number of halogens is 2. The van der Waals surface area contributed by atoms with Crippen molar-refractivity contribution in [2.75, 3.05) is 18.1 Å². The molecule has 1 aliphatic heterocycles. The summed E-state index contributed by atoms with van der Waals surface area (Å²) in [6.07, 6.45) is 0.458. The Morgan fingerprint density at radius 2 is 2.00 bits per heavy atom. The fraction of sp³-hybridized carbons (Fsp3) is 0.429. The van der Waals surface area contributed by atoms with E-state index in [1.165, 1.54) is 6.07 Å². The van der Waals surface area contributed by atoms with E-state index in [2.05, 4.69) is 10.9 Å². The van der Waals surface area contributed by atoms with Crippen LogP contribution in [0.3, 0.4) is 0 Å². The molecule has 1 heterocycles. The number of hydrogen-bond donors (Lipinski definition) is 2. The number of hydrogen-bond acceptors (Lipinski definition) is 5. The van der Waals surface area contributed by atoms with Crippen molar-refractivity contribution in [1.29, 1.82) is 0 Å². The third-order valence-corrected chi connectivity index (χ3v) is 5.53. The van der Waals surface area contributed by atoms with Crippen LogP contribution in [0.5, 0.6) is 5.75 Å². The quantitative estimate of drug-likeness (QED) is 0.739. The molecule has 24 heavy (non-hydrogen) atoms. The zero-order valence-electron chi connectivity index (χ0n) is 12.6. The third-order valence-electron chi connectivity index (χ3n) is 3.39. The largest absolute Gasteiger partial charge is 0.482 e. The van der Waals surface area contributed by atoms with Crippen molar-refractivity contribution >= 4 is 33.3 Å². The Labute approximate surface area is 143 Å². The molecule has 2 N–H and O–H groups in total. The Morgan fingerprint density at radius 3 is 2.62 bits per heavy atom. The van der Waals surface area contributed by atoms with E-state index in [1.807, 2.05) is 0 Å². The van der Waals surface area contributed by atoms with E-state index >= 15 is 0 Å². The molecule has 0 aliphatic carbocycles. The Bertz CT molecular complexity index is 741. The first-order chi connectivity index (χ1) is 11.2. The molecule has 0 unspecified atom stereocenters. The van der Waals surface area contributed by atoms with Gasteiger partial charge in [0.25, 0.3) is 5.91 Å². The van der Waals surface area contributed by atoms with Crippen molar-refractivity contribution in [2.24, 2.45) is 5.92 Å². The number of carbonyl (C=O) groups is 2. The van der Waals surface area contributed by atoms with Crippen molar-refractivity contribution in [3.05, 3.63) is 29.0 Å². The maximum absolute atomic E-state index is 12.9. The van der Waals surface area contributed by atoms with Gasteiger partial charge in [-0.25, -0.2) is 12.8 Å². The van der Waals surface area contributed by atoms with E-state index in [4.69, 9.17) is 16.3 Å². The van der Waals surface area contributed by atoms with Crippen molar-refractivity contribution < 1.29 is 27.1 Å². The monoisotopic (exact) mass is 378 g/mol. The lowest BCUT2D eigenvalue weighted by Crippen LogP contribution is -2.44. The standard InChI is InChI=1S/C14H16ClFN2O5S/c15-11-6-10(16)1-2-12(11)23-7-14(20)18-17-13(19)5-9-3-4-24(21,22)8-9/h1-2,6,9H,3-5,7-8H2,(H,17,19)(H,18,20)/t9-/m0/s1. The van der Waals surface area contributed by atoms with Gasteiger partial charge in [0, 0.05) is 6.42 Å². The van der Waals surface area contributed by atoms with Crippen LogP contribution in [0, 0.1) is 11.7 Å². The van der Waals surface area contributed by atoms with E-state index < -0.39 is 34.1 Å². The first kappa shape index (κ1) is 18.5. The van der Waals surface area contributed by atoms with Crippen LogP contribution in [0.2, 0.25) is 5.02 Å². The number of amides is 2. The average molecular weight is 379 g/mol. The second-order valence-electron chi connectivity index (χ2n) is 5.43. The minimum absolute atomic E-state index is 0.0133. The summed E-state index contributed by atoms with van der Waals surface area (Å²) < 4.78 is 40.6. The second kappa shape index (κ2) is 7.80. The van der Waals surface area contributed by atoms with Gasteiger partial charge in [-0.3, -0.25) is 20.4 Å². The van der Waals surface area contributed by atoms with Crippen molar-refractivity contribution in [1.82, 2.24) is 10.9 Å². The molecule has 1 aromatic carbocycles. The van der Waals surface area contributed by atoms with Crippen LogP contribution in [0.15, 0.2) is 18.2 Å². The zero-order valence-corrected chi connectivity index (χ0v) is 14.1. The van der Waals surface area contributed by atoms with Gasteiger partial charge >= 0.3 is 0 Å². The highest BCUT2D eigenvalue weighted by Crippen LogP contribution is 2.24. The summed E-state index contributed by atoms with van der Waals surface area (Å²) in [5, 5.41) is 0.0225. The molecule has 10 heteroatoms. The Balaban J connectivity index is 1.70. The molecule has 2 amide bonds. The number of carbonyl (C=O) groups excluding carboxylic acids is 2. The van der Waals surface area contributed by atoms with E-state index in [9.17, 15) is 22.4 Å². The summed E-state index contributed by atoms with van der Waals surface area (Å²) in [5.41, 5.74) is 4.34. The number of sulfone groups is 1. The highest BCUT2D eigenvalue weighted by molar-refractivity contribution is 7.91. The molecule has 1 aliphatic rings. The predicted octanol–water partition coefficient (Wildman–Crippen LogP) is 0.830. The lowest BCUT2D eigenvalue weighted by Gasteiger charge is -2.11. The van der Waals surface area contributed by atoms with Crippen molar-refractivity contribution in [3.8, 4) is 5.75 Å². The van der Waals surface area contributed by atoms with Gasteiger partial charge in [0.15, 0.2) is 16.4 Å². The van der Waals surface area contributed by atoms with E-state index in [0.717, 1.165) is 12.1 Å². The van der Waals surface area contributed by atoms with Gasteiger partial charge in [0.2, 0.25) is 5.91 Å². The fourth-order valence-corrected chi connectivity index (χ4v) is 4.34. The number of hydrazine groups is 1. The first-order valence-electron chi connectivity index (χ1n) is 7.11. The Kier molecular flexibility index (Phi) is 6.00. The first-order valence-corrected chi connectivity index (χ1v) is 9.31. The minimum Gasteiger partial charge on any atom is -0.482 e. The summed E-state index contributed by atoms with van der Waals surface area (Å²) in [4.78, 5) is 23.2. The van der Waals surface area contributed by atoms with Gasteiger partial charge in [0.1, 0.15) is 11.6 Å². The topological polar surface area (TPSA) is 102 Å². The predicted molar refractivity (Wildman–Crippen MR) is 84.6 cm³/mol. The molecule has 0 aromatic heterocycles. The highest BCUT2D eigenvalue weighted by atomic mass is 35.5. The lowest BCUT2D eigenvalue weighted by atomic mass is 10.1. The van der Waals surface area contributed by atoms with Crippen LogP contribution < -0.4 is 15.6 Å². The normalized spacial score (nSPS) is 18.8.